The molecule has 0 bridgehead atoms. The maximum atomic E-state index is 9.74. The van der Waals surface area contributed by atoms with Gasteiger partial charge in [-0.1, -0.05) is 49.4 Å². The second-order valence-corrected chi connectivity index (χ2v) is 5.52. The summed E-state index contributed by atoms with van der Waals surface area (Å²) in [4.78, 5) is 2.37. The average Bonchev–Trinajstić information content (AvgIpc) is 2.37. The molecule has 0 aromatic heterocycles. The number of rotatable bonds is 4. The van der Waals surface area contributed by atoms with Gasteiger partial charge < -0.3 is 5.11 Å². The molecule has 0 aliphatic rings. The molecule has 18 heavy (non-hydrogen) atoms. The lowest BCUT2D eigenvalue weighted by Crippen LogP contribution is -1.87. The summed E-state index contributed by atoms with van der Waals surface area (Å²) in [6, 6.07) is 14.3. The van der Waals surface area contributed by atoms with Crippen LogP contribution in [-0.2, 0) is 6.42 Å². The molecule has 1 N–H and O–H groups in total. The van der Waals surface area contributed by atoms with Crippen molar-refractivity contribution in [1.29, 1.82) is 0 Å². The Labute approximate surface area is 113 Å². The molecule has 2 rings (SSSR count). The van der Waals surface area contributed by atoms with Crippen LogP contribution >= 0.6 is 11.8 Å². The predicted octanol–water partition coefficient (Wildman–Crippen LogP) is 4.80. The van der Waals surface area contributed by atoms with Crippen molar-refractivity contribution in [3.8, 4) is 5.75 Å². The highest BCUT2D eigenvalue weighted by Gasteiger charge is 2.05. The van der Waals surface area contributed by atoms with Gasteiger partial charge in [-0.05, 0) is 42.7 Å². The SMILES string of the molecule is CCCc1ccccc1Sc1ccc(C)c(O)c1. The third kappa shape index (κ3) is 3.08. The molecule has 94 valence electrons. The van der Waals surface area contributed by atoms with Crippen LogP contribution in [-0.4, -0.2) is 5.11 Å². The third-order valence-electron chi connectivity index (χ3n) is 2.90. The van der Waals surface area contributed by atoms with Crippen molar-refractivity contribution in [2.24, 2.45) is 0 Å². The molecule has 2 heteroatoms. The van der Waals surface area contributed by atoms with Crippen molar-refractivity contribution >= 4 is 11.8 Å². The zero-order chi connectivity index (χ0) is 13.0. The summed E-state index contributed by atoms with van der Waals surface area (Å²) in [5, 5.41) is 9.74. The van der Waals surface area contributed by atoms with Gasteiger partial charge in [-0.2, -0.15) is 0 Å². The fourth-order valence-corrected chi connectivity index (χ4v) is 2.87. The number of aromatic hydroxyl groups is 1. The number of benzene rings is 2. The van der Waals surface area contributed by atoms with Crippen LogP contribution in [0, 0.1) is 6.92 Å². The molecule has 0 amide bonds. The van der Waals surface area contributed by atoms with Crippen molar-refractivity contribution in [3.63, 3.8) is 0 Å². The molecule has 2 aromatic carbocycles. The highest BCUT2D eigenvalue weighted by atomic mass is 32.2. The first-order valence-electron chi connectivity index (χ1n) is 6.26. The first kappa shape index (κ1) is 13.0. The Morgan fingerprint density at radius 2 is 1.89 bits per heavy atom. The number of phenols is 1. The normalized spacial score (nSPS) is 10.6. The van der Waals surface area contributed by atoms with Crippen LogP contribution in [0.25, 0.3) is 0 Å². The van der Waals surface area contributed by atoms with E-state index >= 15 is 0 Å². The number of hydrogen-bond donors (Lipinski definition) is 1. The van der Waals surface area contributed by atoms with Crippen molar-refractivity contribution in [1.82, 2.24) is 0 Å². The molecule has 0 saturated carbocycles. The summed E-state index contributed by atoms with van der Waals surface area (Å²) in [6.07, 6.45) is 2.25. The fraction of sp³-hybridized carbons (Fsp3) is 0.250. The molecule has 0 radical (unpaired) electrons. The van der Waals surface area contributed by atoms with E-state index in [1.807, 2.05) is 19.1 Å². The monoisotopic (exact) mass is 258 g/mol. The minimum atomic E-state index is 0.368. The maximum absolute atomic E-state index is 9.74. The Balaban J connectivity index is 2.25. The van der Waals surface area contributed by atoms with Gasteiger partial charge in [-0.3, -0.25) is 0 Å². The van der Waals surface area contributed by atoms with E-state index in [4.69, 9.17) is 0 Å². The van der Waals surface area contributed by atoms with E-state index < -0.39 is 0 Å². The molecule has 0 saturated heterocycles. The summed E-state index contributed by atoms with van der Waals surface area (Å²) < 4.78 is 0. The molecule has 0 unspecified atom stereocenters. The predicted molar refractivity (Wildman–Crippen MR) is 77.4 cm³/mol. The van der Waals surface area contributed by atoms with E-state index in [9.17, 15) is 5.11 Å². The van der Waals surface area contributed by atoms with Crippen LogP contribution < -0.4 is 0 Å². The first-order chi connectivity index (χ1) is 8.70. The number of phenolic OH excluding ortho intramolecular Hbond substituents is 1. The molecule has 0 fully saturated rings. The summed E-state index contributed by atoms with van der Waals surface area (Å²) in [5.41, 5.74) is 2.30. The van der Waals surface area contributed by atoms with Crippen LogP contribution in [0.15, 0.2) is 52.3 Å². The maximum Gasteiger partial charge on any atom is 0.119 e. The lowest BCUT2D eigenvalue weighted by molar-refractivity contribution is 0.469. The minimum Gasteiger partial charge on any atom is -0.508 e. The van der Waals surface area contributed by atoms with Crippen molar-refractivity contribution in [3.05, 3.63) is 53.6 Å². The lowest BCUT2D eigenvalue weighted by atomic mass is 10.1. The summed E-state index contributed by atoms with van der Waals surface area (Å²) >= 11 is 1.72. The van der Waals surface area contributed by atoms with Gasteiger partial charge in [-0.25, -0.2) is 0 Å². The molecule has 0 atom stereocenters. The van der Waals surface area contributed by atoms with Crippen molar-refractivity contribution in [2.45, 2.75) is 36.5 Å². The van der Waals surface area contributed by atoms with Crippen LogP contribution in [0.5, 0.6) is 5.75 Å². The highest BCUT2D eigenvalue weighted by molar-refractivity contribution is 7.99. The van der Waals surface area contributed by atoms with Gasteiger partial charge in [-0.15, -0.1) is 0 Å². The smallest absolute Gasteiger partial charge is 0.119 e. The van der Waals surface area contributed by atoms with E-state index in [-0.39, 0.29) is 0 Å². The second-order valence-electron chi connectivity index (χ2n) is 4.41. The minimum absolute atomic E-state index is 0.368. The quantitative estimate of drug-likeness (QED) is 0.849. The van der Waals surface area contributed by atoms with E-state index in [1.165, 1.54) is 10.5 Å². The van der Waals surface area contributed by atoms with Crippen LogP contribution in [0.3, 0.4) is 0 Å². The van der Waals surface area contributed by atoms with Gasteiger partial charge in [0.05, 0.1) is 0 Å². The van der Waals surface area contributed by atoms with Crippen LogP contribution in [0.2, 0.25) is 0 Å². The second kappa shape index (κ2) is 5.96. The highest BCUT2D eigenvalue weighted by Crippen LogP contribution is 2.33. The molecule has 2 aromatic rings. The molecule has 0 heterocycles. The largest absolute Gasteiger partial charge is 0.508 e. The number of hydrogen-bond acceptors (Lipinski definition) is 2. The third-order valence-corrected chi connectivity index (χ3v) is 4.01. The Morgan fingerprint density at radius 3 is 2.61 bits per heavy atom. The van der Waals surface area contributed by atoms with E-state index in [0.717, 1.165) is 23.3 Å². The Bertz CT molecular complexity index is 534. The standard InChI is InChI=1S/C16H18OS/c1-3-6-13-7-4-5-8-16(13)18-14-10-9-12(2)15(17)11-14/h4-5,7-11,17H,3,6H2,1-2H3. The molecule has 1 nitrogen and oxygen atoms in total. The summed E-state index contributed by atoms with van der Waals surface area (Å²) in [7, 11) is 0. The van der Waals surface area contributed by atoms with E-state index in [2.05, 4.69) is 37.3 Å². The lowest BCUT2D eigenvalue weighted by Gasteiger charge is -2.09. The van der Waals surface area contributed by atoms with E-state index in [1.54, 1.807) is 11.8 Å². The Kier molecular flexibility index (Phi) is 4.32. The van der Waals surface area contributed by atoms with Gasteiger partial charge in [0.2, 0.25) is 0 Å². The molecule has 0 aliphatic heterocycles. The number of aryl methyl sites for hydroxylation is 2. The van der Waals surface area contributed by atoms with E-state index in [0.29, 0.717) is 5.75 Å². The van der Waals surface area contributed by atoms with Gasteiger partial charge in [0, 0.05) is 9.79 Å². The zero-order valence-electron chi connectivity index (χ0n) is 10.8. The Morgan fingerprint density at radius 1 is 1.11 bits per heavy atom. The summed E-state index contributed by atoms with van der Waals surface area (Å²) in [5.74, 6) is 0.368. The molecule has 0 aliphatic carbocycles. The van der Waals surface area contributed by atoms with Crippen molar-refractivity contribution < 1.29 is 5.11 Å². The van der Waals surface area contributed by atoms with Gasteiger partial charge >= 0.3 is 0 Å². The molecule has 0 spiro atoms. The van der Waals surface area contributed by atoms with Gasteiger partial charge in [0.25, 0.3) is 0 Å². The van der Waals surface area contributed by atoms with Crippen molar-refractivity contribution in [2.75, 3.05) is 0 Å². The summed E-state index contributed by atoms with van der Waals surface area (Å²) in [6.45, 7) is 4.11. The van der Waals surface area contributed by atoms with Gasteiger partial charge in [0.15, 0.2) is 0 Å². The van der Waals surface area contributed by atoms with Gasteiger partial charge in [0.1, 0.15) is 5.75 Å². The van der Waals surface area contributed by atoms with Crippen LogP contribution in [0.1, 0.15) is 24.5 Å². The Hall–Kier alpha value is -1.41. The molecular weight excluding hydrogens is 240 g/mol. The first-order valence-corrected chi connectivity index (χ1v) is 7.07. The molecular formula is C16H18OS. The zero-order valence-corrected chi connectivity index (χ0v) is 11.6. The fourth-order valence-electron chi connectivity index (χ4n) is 1.86. The average molecular weight is 258 g/mol. The van der Waals surface area contributed by atoms with Crippen LogP contribution in [0.4, 0.5) is 0 Å². The topological polar surface area (TPSA) is 20.2 Å².